The molecule has 0 amide bonds. The lowest BCUT2D eigenvalue weighted by molar-refractivity contribution is 0.0555. The molecule has 1 atom stereocenters. The molecule has 1 N–H and O–H groups in total. The maximum atomic E-state index is 10.6. The topological polar surface area (TPSA) is 20.2 Å². The van der Waals surface area contributed by atoms with Crippen LogP contribution in [0.15, 0.2) is 12.1 Å². The van der Waals surface area contributed by atoms with Crippen LogP contribution >= 0.6 is 62.3 Å². The van der Waals surface area contributed by atoms with Gasteiger partial charge in [0.15, 0.2) is 3.79 Å². The summed E-state index contributed by atoms with van der Waals surface area (Å²) in [7, 11) is 0. The van der Waals surface area contributed by atoms with Gasteiger partial charge in [-0.15, -0.1) is 0 Å². The second-order valence-corrected chi connectivity index (χ2v) is 7.84. The van der Waals surface area contributed by atoms with E-state index < -0.39 is 9.39 Å². The minimum absolute atomic E-state index is 0.00354. The fraction of sp³-hybridized carbons (Fsp3) is 0.500. The first kappa shape index (κ1) is 16.9. The lowest BCUT2D eigenvalue weighted by Gasteiger charge is -2.30. The van der Waals surface area contributed by atoms with E-state index in [2.05, 4.69) is 15.9 Å². The zero-order valence-electron chi connectivity index (χ0n) is 9.91. The summed E-state index contributed by atoms with van der Waals surface area (Å²) in [4.78, 5) is 0. The molecule has 0 aliphatic heterocycles. The lowest BCUT2D eigenvalue weighted by Crippen LogP contribution is -2.33. The maximum Gasteiger partial charge on any atom is 0.193 e. The van der Waals surface area contributed by atoms with Crippen molar-refractivity contribution in [3.05, 3.63) is 33.8 Å². The summed E-state index contributed by atoms with van der Waals surface area (Å²) in [5, 5.41) is 11.6. The van der Waals surface area contributed by atoms with Crippen LogP contribution in [0.3, 0.4) is 0 Å². The first-order valence-electron chi connectivity index (χ1n) is 5.21. The lowest BCUT2D eigenvalue weighted by atomic mass is 9.90. The van der Waals surface area contributed by atoms with Crippen molar-refractivity contribution < 1.29 is 5.11 Å². The van der Waals surface area contributed by atoms with E-state index in [-0.39, 0.29) is 11.8 Å². The zero-order valence-corrected chi connectivity index (χ0v) is 14.5. The molecular weight excluding hydrogens is 382 g/mol. The molecule has 0 aliphatic rings. The predicted octanol–water partition coefficient (Wildman–Crippen LogP) is 5.30. The molecule has 6 heteroatoms. The molecule has 0 aliphatic carbocycles. The van der Waals surface area contributed by atoms with Crippen molar-refractivity contribution in [2.24, 2.45) is 0 Å². The van der Waals surface area contributed by atoms with Gasteiger partial charge in [-0.25, -0.2) is 0 Å². The number of halogens is 5. The van der Waals surface area contributed by atoms with E-state index in [0.29, 0.717) is 10.6 Å². The maximum absolute atomic E-state index is 10.6. The van der Waals surface area contributed by atoms with E-state index in [1.807, 2.05) is 26.0 Å². The normalized spacial score (nSPS) is 15.6. The van der Waals surface area contributed by atoms with Crippen molar-refractivity contribution in [3.8, 4) is 0 Å². The Labute approximate surface area is 135 Å². The summed E-state index contributed by atoms with van der Waals surface area (Å²) in [5.41, 5.74) is 1.21. The van der Waals surface area contributed by atoms with Crippen molar-refractivity contribution in [2.45, 2.75) is 29.7 Å². The summed E-state index contributed by atoms with van der Waals surface area (Å²) >= 11 is 26.7. The molecule has 0 aromatic heterocycles. The highest BCUT2D eigenvalue weighted by Gasteiger charge is 2.37. The van der Waals surface area contributed by atoms with Gasteiger partial charge in [-0.2, -0.15) is 0 Å². The van der Waals surface area contributed by atoms with Crippen LogP contribution in [0.4, 0.5) is 0 Å². The molecule has 1 rings (SSSR count). The van der Waals surface area contributed by atoms with Gasteiger partial charge in [0.1, 0.15) is 5.60 Å². The van der Waals surface area contributed by atoms with Crippen molar-refractivity contribution in [1.29, 1.82) is 0 Å². The number of aryl methyl sites for hydroxylation is 2. The molecule has 1 aromatic rings. The third-order valence-corrected chi connectivity index (χ3v) is 4.61. The summed E-state index contributed by atoms with van der Waals surface area (Å²) in [6.45, 7) is 3.76. The van der Waals surface area contributed by atoms with Crippen LogP contribution in [0.1, 0.15) is 23.1 Å². The number of hydrogen-bond donors (Lipinski definition) is 1. The Morgan fingerprint density at radius 1 is 1.17 bits per heavy atom. The SMILES string of the molecule is Cc1cc(C(O)(CBr)CC(Cl)(Cl)Cl)cc(C)c1Cl. The highest BCUT2D eigenvalue weighted by molar-refractivity contribution is 9.09. The molecular formula is C12H13BrCl4O. The minimum atomic E-state index is -1.52. The molecule has 18 heavy (non-hydrogen) atoms. The molecule has 0 bridgehead atoms. The molecule has 102 valence electrons. The van der Waals surface area contributed by atoms with E-state index in [9.17, 15) is 5.11 Å². The Morgan fingerprint density at radius 3 is 1.94 bits per heavy atom. The second kappa shape index (κ2) is 6.07. The monoisotopic (exact) mass is 392 g/mol. The number of benzene rings is 1. The molecule has 0 fully saturated rings. The summed E-state index contributed by atoms with van der Waals surface area (Å²) in [6, 6.07) is 3.62. The minimum Gasteiger partial charge on any atom is -0.384 e. The third-order valence-electron chi connectivity index (χ3n) is 2.69. The van der Waals surface area contributed by atoms with Gasteiger partial charge < -0.3 is 5.11 Å². The average molecular weight is 395 g/mol. The Balaban J connectivity index is 3.24. The van der Waals surface area contributed by atoms with Gasteiger partial charge in [-0.3, -0.25) is 0 Å². The smallest absolute Gasteiger partial charge is 0.193 e. The molecule has 0 radical (unpaired) electrons. The quantitative estimate of drug-likeness (QED) is 0.689. The van der Waals surface area contributed by atoms with Crippen LogP contribution in [0, 0.1) is 13.8 Å². The van der Waals surface area contributed by atoms with Gasteiger partial charge in [-0.05, 0) is 30.5 Å². The van der Waals surface area contributed by atoms with Gasteiger partial charge in [-0.1, -0.05) is 74.5 Å². The van der Waals surface area contributed by atoms with E-state index in [1.165, 1.54) is 0 Å². The predicted molar refractivity (Wildman–Crippen MR) is 83.5 cm³/mol. The van der Waals surface area contributed by atoms with Crippen molar-refractivity contribution >= 4 is 62.3 Å². The van der Waals surface area contributed by atoms with Gasteiger partial charge >= 0.3 is 0 Å². The van der Waals surface area contributed by atoms with Crippen molar-refractivity contribution in [2.75, 3.05) is 5.33 Å². The highest BCUT2D eigenvalue weighted by atomic mass is 79.9. The average Bonchev–Trinajstić information content (AvgIpc) is 2.22. The van der Waals surface area contributed by atoms with E-state index in [1.54, 1.807) is 0 Å². The van der Waals surface area contributed by atoms with E-state index in [0.717, 1.165) is 11.1 Å². The standard InChI is InChI=1S/C12H13BrCl4O/c1-7-3-9(4-8(2)10(7)14)11(18,6-13)5-12(15,16)17/h3-4,18H,5-6H2,1-2H3. The summed E-state index contributed by atoms with van der Waals surface area (Å²) in [5.74, 6) is 0. The van der Waals surface area contributed by atoms with Crippen LogP contribution in [-0.2, 0) is 5.60 Å². The number of alkyl halides is 4. The van der Waals surface area contributed by atoms with Gasteiger partial charge in [0.25, 0.3) is 0 Å². The Hall–Kier alpha value is 0.820. The summed E-state index contributed by atoms with van der Waals surface area (Å²) in [6.07, 6.45) is -0.00354. The molecule has 0 saturated heterocycles. The third kappa shape index (κ3) is 4.16. The number of rotatable bonds is 3. The van der Waals surface area contributed by atoms with Crippen LogP contribution in [-0.4, -0.2) is 14.2 Å². The fourth-order valence-electron chi connectivity index (χ4n) is 1.77. The van der Waals surface area contributed by atoms with Crippen molar-refractivity contribution in [3.63, 3.8) is 0 Å². The van der Waals surface area contributed by atoms with Gasteiger partial charge in [0.05, 0.1) is 0 Å². The Morgan fingerprint density at radius 2 is 1.61 bits per heavy atom. The number of aliphatic hydroxyl groups is 1. The fourth-order valence-corrected chi connectivity index (χ4v) is 3.07. The van der Waals surface area contributed by atoms with Gasteiger partial charge in [0, 0.05) is 16.8 Å². The molecule has 1 aromatic carbocycles. The second-order valence-electron chi connectivity index (χ2n) is 4.38. The van der Waals surface area contributed by atoms with Crippen LogP contribution in [0.25, 0.3) is 0 Å². The molecule has 0 heterocycles. The van der Waals surface area contributed by atoms with Crippen LogP contribution < -0.4 is 0 Å². The Bertz CT molecular complexity index is 421. The highest BCUT2D eigenvalue weighted by Crippen LogP contribution is 2.41. The van der Waals surface area contributed by atoms with E-state index in [4.69, 9.17) is 46.4 Å². The van der Waals surface area contributed by atoms with Crippen LogP contribution in [0.2, 0.25) is 5.02 Å². The van der Waals surface area contributed by atoms with Crippen molar-refractivity contribution in [1.82, 2.24) is 0 Å². The van der Waals surface area contributed by atoms with E-state index >= 15 is 0 Å². The molecule has 1 nitrogen and oxygen atoms in total. The first-order chi connectivity index (χ1) is 8.09. The van der Waals surface area contributed by atoms with Crippen LogP contribution in [0.5, 0.6) is 0 Å². The molecule has 1 unspecified atom stereocenters. The first-order valence-corrected chi connectivity index (χ1v) is 7.85. The largest absolute Gasteiger partial charge is 0.384 e. The van der Waals surface area contributed by atoms with Gasteiger partial charge in [0.2, 0.25) is 0 Å². The molecule has 0 spiro atoms. The summed E-state index contributed by atoms with van der Waals surface area (Å²) < 4.78 is -1.52. The zero-order chi connectivity index (χ0) is 14.1. The number of hydrogen-bond acceptors (Lipinski definition) is 1. The Kier molecular flexibility index (Phi) is 5.69. The molecule has 0 saturated carbocycles.